The second kappa shape index (κ2) is 7.85. The Hall–Kier alpha value is -2.80. The number of amides is 2. The Bertz CT molecular complexity index is 776. The van der Waals surface area contributed by atoms with Crippen molar-refractivity contribution in [3.05, 3.63) is 59.7 Å². The van der Waals surface area contributed by atoms with Gasteiger partial charge >= 0.3 is 0 Å². The number of carbonyl (C=O) groups is 2. The van der Waals surface area contributed by atoms with Crippen LogP contribution >= 0.6 is 0 Å². The van der Waals surface area contributed by atoms with Crippen LogP contribution in [0.2, 0.25) is 0 Å². The van der Waals surface area contributed by atoms with Crippen molar-refractivity contribution in [2.45, 2.75) is 18.9 Å². The Labute approximate surface area is 144 Å². The van der Waals surface area contributed by atoms with E-state index in [1.807, 2.05) is 0 Å². The Morgan fingerprint density at radius 2 is 2.08 bits per heavy atom. The van der Waals surface area contributed by atoms with Gasteiger partial charge in [0.1, 0.15) is 11.5 Å². The first-order valence-electron chi connectivity index (χ1n) is 8.05. The molecule has 1 saturated heterocycles. The maximum atomic E-state index is 13.6. The summed E-state index contributed by atoms with van der Waals surface area (Å²) in [5.74, 6) is -1.42. The van der Waals surface area contributed by atoms with E-state index >= 15 is 0 Å². The fourth-order valence-corrected chi connectivity index (χ4v) is 2.56. The van der Waals surface area contributed by atoms with Crippen LogP contribution < -0.4 is 10.6 Å². The summed E-state index contributed by atoms with van der Waals surface area (Å²) < 4.78 is 19.1. The zero-order valence-corrected chi connectivity index (χ0v) is 13.5. The van der Waals surface area contributed by atoms with E-state index in [9.17, 15) is 14.0 Å². The highest BCUT2D eigenvalue weighted by atomic mass is 19.1. The quantitative estimate of drug-likeness (QED) is 0.873. The zero-order valence-electron chi connectivity index (χ0n) is 13.5. The number of ether oxygens (including phenoxy) is 1. The van der Waals surface area contributed by atoms with Crippen molar-refractivity contribution in [3.8, 4) is 0 Å². The van der Waals surface area contributed by atoms with Gasteiger partial charge in [-0.3, -0.25) is 14.6 Å². The van der Waals surface area contributed by atoms with Crippen LogP contribution in [-0.4, -0.2) is 36.1 Å². The smallest absolute Gasteiger partial charge is 0.269 e. The van der Waals surface area contributed by atoms with E-state index < -0.39 is 11.7 Å². The number of hydrogen-bond donors (Lipinski definition) is 2. The number of benzene rings is 1. The van der Waals surface area contributed by atoms with Crippen molar-refractivity contribution in [2.24, 2.45) is 0 Å². The molecule has 1 aromatic carbocycles. The predicted molar refractivity (Wildman–Crippen MR) is 89.9 cm³/mol. The van der Waals surface area contributed by atoms with E-state index in [2.05, 4.69) is 15.6 Å². The monoisotopic (exact) mass is 343 g/mol. The Balaban J connectivity index is 1.64. The maximum absolute atomic E-state index is 13.6. The fourth-order valence-electron chi connectivity index (χ4n) is 2.56. The molecule has 0 aliphatic carbocycles. The van der Waals surface area contributed by atoms with Crippen molar-refractivity contribution in [3.63, 3.8) is 0 Å². The standard InChI is InChI=1S/C18H18FN3O3/c19-14-5-1-2-6-15(14)22-17(23)12-7-8-20-16(10-12)18(24)21-11-13-4-3-9-25-13/h1-2,5-8,10,13H,3-4,9,11H2,(H,21,24)(H,22,23). The minimum absolute atomic E-state index is 0.0245. The Kier molecular flexibility index (Phi) is 5.35. The summed E-state index contributed by atoms with van der Waals surface area (Å²) >= 11 is 0. The first-order valence-corrected chi connectivity index (χ1v) is 8.05. The Morgan fingerprint density at radius 3 is 2.84 bits per heavy atom. The van der Waals surface area contributed by atoms with E-state index in [1.54, 1.807) is 6.07 Å². The lowest BCUT2D eigenvalue weighted by molar-refractivity contribution is 0.0853. The van der Waals surface area contributed by atoms with Gasteiger partial charge in [-0.05, 0) is 37.1 Å². The van der Waals surface area contributed by atoms with Crippen molar-refractivity contribution >= 4 is 17.5 Å². The first kappa shape index (κ1) is 17.0. The summed E-state index contributed by atoms with van der Waals surface area (Å²) in [6.45, 7) is 1.12. The van der Waals surface area contributed by atoms with E-state index in [4.69, 9.17) is 4.74 Å². The molecule has 0 spiro atoms. The number of pyridine rings is 1. The van der Waals surface area contributed by atoms with Gasteiger partial charge in [0.2, 0.25) is 0 Å². The van der Waals surface area contributed by atoms with Gasteiger partial charge in [-0.1, -0.05) is 12.1 Å². The molecule has 3 rings (SSSR count). The summed E-state index contributed by atoms with van der Waals surface area (Å²) in [5, 5.41) is 5.22. The number of nitrogens with zero attached hydrogens (tertiary/aromatic N) is 1. The van der Waals surface area contributed by atoms with E-state index in [0.717, 1.165) is 12.8 Å². The Morgan fingerprint density at radius 1 is 1.24 bits per heavy atom. The highest BCUT2D eigenvalue weighted by Gasteiger charge is 2.18. The molecule has 2 amide bonds. The van der Waals surface area contributed by atoms with Gasteiger partial charge in [0, 0.05) is 24.9 Å². The van der Waals surface area contributed by atoms with Crippen molar-refractivity contribution in [1.29, 1.82) is 0 Å². The molecule has 25 heavy (non-hydrogen) atoms. The van der Waals surface area contributed by atoms with Gasteiger partial charge in [0.25, 0.3) is 11.8 Å². The van der Waals surface area contributed by atoms with Crippen LogP contribution in [-0.2, 0) is 4.74 Å². The summed E-state index contributed by atoms with van der Waals surface area (Å²) in [4.78, 5) is 28.4. The minimum Gasteiger partial charge on any atom is -0.376 e. The third-order valence-corrected chi connectivity index (χ3v) is 3.89. The van der Waals surface area contributed by atoms with Crippen LogP contribution in [0.4, 0.5) is 10.1 Å². The number of nitrogens with one attached hydrogen (secondary N) is 2. The molecule has 130 valence electrons. The lowest BCUT2D eigenvalue weighted by atomic mass is 10.2. The van der Waals surface area contributed by atoms with Gasteiger partial charge in [0.15, 0.2) is 0 Å². The number of carbonyl (C=O) groups excluding carboxylic acids is 2. The fraction of sp³-hybridized carbons (Fsp3) is 0.278. The van der Waals surface area contributed by atoms with Gasteiger partial charge in [-0.2, -0.15) is 0 Å². The van der Waals surface area contributed by atoms with Gasteiger partial charge in [0.05, 0.1) is 11.8 Å². The first-order chi connectivity index (χ1) is 12.1. The number of hydrogen-bond acceptors (Lipinski definition) is 4. The second-order valence-corrected chi connectivity index (χ2v) is 5.71. The molecule has 2 N–H and O–H groups in total. The molecule has 1 aliphatic rings. The molecule has 0 bridgehead atoms. The molecule has 1 unspecified atom stereocenters. The SMILES string of the molecule is O=C(Nc1ccccc1F)c1ccnc(C(=O)NCC2CCCO2)c1. The zero-order chi connectivity index (χ0) is 17.6. The molecule has 1 aliphatic heterocycles. The molecule has 1 atom stereocenters. The number of halogens is 1. The van der Waals surface area contributed by atoms with Gasteiger partial charge in [-0.25, -0.2) is 4.39 Å². The molecule has 7 heteroatoms. The average Bonchev–Trinajstić information content (AvgIpc) is 3.15. The lowest BCUT2D eigenvalue weighted by Crippen LogP contribution is -2.32. The summed E-state index contributed by atoms with van der Waals surface area (Å²) in [7, 11) is 0. The average molecular weight is 343 g/mol. The van der Waals surface area contributed by atoms with Crippen LogP contribution in [0.15, 0.2) is 42.6 Å². The topological polar surface area (TPSA) is 80.3 Å². The largest absolute Gasteiger partial charge is 0.376 e. The number of anilines is 1. The van der Waals surface area contributed by atoms with Crippen molar-refractivity contribution < 1.29 is 18.7 Å². The van der Waals surface area contributed by atoms with E-state index in [0.29, 0.717) is 13.2 Å². The summed E-state index contributed by atoms with van der Waals surface area (Å²) in [5.41, 5.74) is 0.424. The molecule has 2 heterocycles. The second-order valence-electron chi connectivity index (χ2n) is 5.71. The molecule has 0 saturated carbocycles. The van der Waals surface area contributed by atoms with Crippen LogP contribution in [0.25, 0.3) is 0 Å². The predicted octanol–water partition coefficient (Wildman–Crippen LogP) is 2.38. The molecule has 0 radical (unpaired) electrons. The van der Waals surface area contributed by atoms with Crippen LogP contribution in [0, 0.1) is 5.82 Å². The lowest BCUT2D eigenvalue weighted by Gasteiger charge is -2.11. The highest BCUT2D eigenvalue weighted by molar-refractivity contribution is 6.05. The third-order valence-electron chi connectivity index (χ3n) is 3.89. The van der Waals surface area contributed by atoms with Crippen LogP contribution in [0.1, 0.15) is 33.7 Å². The number of aromatic nitrogens is 1. The molecule has 6 nitrogen and oxygen atoms in total. The summed E-state index contributed by atoms with van der Waals surface area (Å²) in [6.07, 6.45) is 3.30. The van der Waals surface area contributed by atoms with Crippen LogP contribution in [0.5, 0.6) is 0 Å². The third kappa shape index (κ3) is 4.39. The number of rotatable bonds is 5. The minimum atomic E-state index is -0.528. The molecular formula is C18H18FN3O3. The van der Waals surface area contributed by atoms with Gasteiger partial charge in [-0.15, -0.1) is 0 Å². The molecule has 1 fully saturated rings. The van der Waals surface area contributed by atoms with E-state index in [-0.39, 0.29) is 29.0 Å². The van der Waals surface area contributed by atoms with E-state index in [1.165, 1.54) is 36.5 Å². The summed E-state index contributed by atoms with van der Waals surface area (Å²) in [6, 6.07) is 8.72. The highest BCUT2D eigenvalue weighted by Crippen LogP contribution is 2.14. The van der Waals surface area contributed by atoms with Gasteiger partial charge < -0.3 is 15.4 Å². The van der Waals surface area contributed by atoms with Crippen molar-refractivity contribution in [2.75, 3.05) is 18.5 Å². The van der Waals surface area contributed by atoms with Crippen LogP contribution in [0.3, 0.4) is 0 Å². The molecule has 1 aromatic heterocycles. The number of para-hydroxylation sites is 1. The van der Waals surface area contributed by atoms with Crippen molar-refractivity contribution in [1.82, 2.24) is 10.3 Å². The normalized spacial score (nSPS) is 16.4. The maximum Gasteiger partial charge on any atom is 0.269 e. The molecule has 2 aromatic rings. The molecular weight excluding hydrogens is 325 g/mol.